The number of halogens is 1. The number of benzene rings is 3. The van der Waals surface area contributed by atoms with Crippen LogP contribution in [-0.2, 0) is 16.1 Å². The summed E-state index contributed by atoms with van der Waals surface area (Å²) in [6.07, 6.45) is 0. The number of hydrogen-bond donors (Lipinski definition) is 0. The average Bonchev–Trinajstić information content (AvgIpc) is 3.05. The van der Waals surface area contributed by atoms with Gasteiger partial charge < -0.3 is 4.90 Å². The van der Waals surface area contributed by atoms with E-state index in [9.17, 15) is 14.0 Å². The highest BCUT2D eigenvalue weighted by Crippen LogP contribution is 2.35. The average molecular weight is 429 g/mol. The predicted molar refractivity (Wildman–Crippen MR) is 124 cm³/mol. The SMILES string of the molecule is CC(C)c1ccc(N2C(=O)C(c3ccc(F)cc3)=C(N(C)Cc3ccccc3)C2=O)cc1. The van der Waals surface area contributed by atoms with Crippen molar-refractivity contribution in [3.8, 4) is 0 Å². The van der Waals surface area contributed by atoms with Gasteiger partial charge >= 0.3 is 0 Å². The largest absolute Gasteiger partial charge is 0.365 e. The minimum absolute atomic E-state index is 0.279. The second-order valence-corrected chi connectivity index (χ2v) is 8.26. The smallest absolute Gasteiger partial charge is 0.282 e. The van der Waals surface area contributed by atoms with Crippen molar-refractivity contribution >= 4 is 23.1 Å². The van der Waals surface area contributed by atoms with Crippen LogP contribution in [0.2, 0.25) is 0 Å². The van der Waals surface area contributed by atoms with Crippen LogP contribution >= 0.6 is 0 Å². The second kappa shape index (κ2) is 8.79. The third kappa shape index (κ3) is 4.06. The minimum atomic E-state index is -0.409. The molecule has 0 saturated carbocycles. The van der Waals surface area contributed by atoms with Crippen molar-refractivity contribution in [3.05, 3.63) is 107 Å². The maximum atomic E-state index is 13.5. The first kappa shape index (κ1) is 21.5. The lowest BCUT2D eigenvalue weighted by molar-refractivity contribution is -0.120. The molecular weight excluding hydrogens is 403 g/mol. The number of nitrogens with zero attached hydrogens (tertiary/aromatic N) is 2. The van der Waals surface area contributed by atoms with Crippen LogP contribution in [0.15, 0.2) is 84.6 Å². The Labute approximate surface area is 187 Å². The van der Waals surface area contributed by atoms with Gasteiger partial charge in [-0.3, -0.25) is 9.59 Å². The van der Waals surface area contributed by atoms with Gasteiger partial charge in [0.15, 0.2) is 0 Å². The van der Waals surface area contributed by atoms with E-state index in [2.05, 4.69) is 13.8 Å². The van der Waals surface area contributed by atoms with Crippen LogP contribution in [-0.4, -0.2) is 23.8 Å². The fourth-order valence-corrected chi connectivity index (χ4v) is 3.93. The molecule has 4 rings (SSSR count). The lowest BCUT2D eigenvalue weighted by Crippen LogP contribution is -2.34. The van der Waals surface area contributed by atoms with Gasteiger partial charge in [0.1, 0.15) is 11.5 Å². The molecule has 32 heavy (non-hydrogen) atoms. The summed E-state index contributed by atoms with van der Waals surface area (Å²) in [6, 6.07) is 22.9. The summed E-state index contributed by atoms with van der Waals surface area (Å²) >= 11 is 0. The molecule has 3 aromatic rings. The van der Waals surface area contributed by atoms with Gasteiger partial charge in [0.25, 0.3) is 11.8 Å². The minimum Gasteiger partial charge on any atom is -0.365 e. The molecule has 0 fully saturated rings. The third-order valence-electron chi connectivity index (χ3n) is 5.65. The standard InChI is InChI=1S/C27H25FN2O2/c1-18(2)20-11-15-23(16-12-20)30-26(31)24(21-9-13-22(28)14-10-21)25(27(30)32)29(3)17-19-7-5-4-6-8-19/h4-16,18H,17H2,1-3H3. The van der Waals surface area contributed by atoms with Crippen LogP contribution in [0.4, 0.5) is 10.1 Å². The third-order valence-corrected chi connectivity index (χ3v) is 5.65. The zero-order valence-corrected chi connectivity index (χ0v) is 18.4. The van der Waals surface area contributed by atoms with E-state index >= 15 is 0 Å². The van der Waals surface area contributed by atoms with Crippen molar-refractivity contribution in [2.45, 2.75) is 26.3 Å². The lowest BCUT2D eigenvalue weighted by atomic mass is 10.0. The molecule has 0 N–H and O–H groups in total. The topological polar surface area (TPSA) is 40.6 Å². The van der Waals surface area contributed by atoms with Crippen molar-refractivity contribution in [2.24, 2.45) is 0 Å². The van der Waals surface area contributed by atoms with Crippen molar-refractivity contribution < 1.29 is 14.0 Å². The van der Waals surface area contributed by atoms with Crippen LogP contribution < -0.4 is 4.90 Å². The van der Waals surface area contributed by atoms with E-state index in [0.29, 0.717) is 29.4 Å². The zero-order valence-electron chi connectivity index (χ0n) is 18.4. The van der Waals surface area contributed by atoms with E-state index in [1.54, 1.807) is 24.1 Å². The zero-order chi connectivity index (χ0) is 22.8. The maximum Gasteiger partial charge on any atom is 0.282 e. The van der Waals surface area contributed by atoms with Crippen LogP contribution in [0.3, 0.4) is 0 Å². The molecule has 0 saturated heterocycles. The van der Waals surface area contributed by atoms with Gasteiger partial charge in [-0.2, -0.15) is 0 Å². The van der Waals surface area contributed by atoms with Crippen LogP contribution in [0, 0.1) is 5.82 Å². The van der Waals surface area contributed by atoms with E-state index < -0.39 is 11.7 Å². The number of carbonyl (C=O) groups is 2. The molecule has 0 bridgehead atoms. The predicted octanol–water partition coefficient (Wildman–Crippen LogP) is 5.37. The van der Waals surface area contributed by atoms with E-state index in [4.69, 9.17) is 0 Å². The van der Waals surface area contributed by atoms with Crippen LogP contribution in [0.1, 0.15) is 36.5 Å². The number of imide groups is 1. The molecule has 1 aliphatic heterocycles. The molecule has 1 aliphatic rings. The number of hydrogen-bond acceptors (Lipinski definition) is 3. The highest BCUT2D eigenvalue weighted by molar-refractivity contribution is 6.45. The number of amides is 2. The summed E-state index contributed by atoms with van der Waals surface area (Å²) in [5.41, 5.74) is 3.76. The Hall–Kier alpha value is -3.73. The monoisotopic (exact) mass is 428 g/mol. The Morgan fingerprint density at radius 2 is 1.47 bits per heavy atom. The molecule has 0 aliphatic carbocycles. The highest BCUT2D eigenvalue weighted by Gasteiger charge is 2.41. The number of carbonyl (C=O) groups excluding carboxylic acids is 2. The summed E-state index contributed by atoms with van der Waals surface area (Å²) < 4.78 is 13.5. The quantitative estimate of drug-likeness (QED) is 0.496. The molecular formula is C27H25FN2O2. The molecule has 162 valence electrons. The normalized spacial score (nSPS) is 14.0. The molecule has 0 spiro atoms. The summed E-state index contributed by atoms with van der Waals surface area (Å²) in [5.74, 6) is -0.847. The number of likely N-dealkylation sites (N-methyl/N-ethyl adjacent to an activating group) is 1. The summed E-state index contributed by atoms with van der Waals surface area (Å²) in [7, 11) is 1.79. The van der Waals surface area contributed by atoms with Crippen molar-refractivity contribution in [2.75, 3.05) is 11.9 Å². The van der Waals surface area contributed by atoms with Crippen LogP contribution in [0.5, 0.6) is 0 Å². The van der Waals surface area contributed by atoms with Gasteiger partial charge in [-0.25, -0.2) is 9.29 Å². The Morgan fingerprint density at radius 1 is 0.844 bits per heavy atom. The van der Waals surface area contributed by atoms with Gasteiger partial charge in [0.05, 0.1) is 11.3 Å². The van der Waals surface area contributed by atoms with Crippen molar-refractivity contribution in [1.82, 2.24) is 4.90 Å². The Balaban J connectivity index is 1.76. The maximum absolute atomic E-state index is 13.5. The van der Waals surface area contributed by atoms with Gasteiger partial charge in [-0.05, 0) is 46.9 Å². The fraction of sp³-hybridized carbons (Fsp3) is 0.185. The first-order valence-electron chi connectivity index (χ1n) is 10.6. The number of rotatable bonds is 6. The van der Waals surface area contributed by atoms with Crippen LogP contribution in [0.25, 0.3) is 5.57 Å². The first-order valence-corrected chi connectivity index (χ1v) is 10.6. The summed E-state index contributed by atoms with van der Waals surface area (Å²) in [5, 5.41) is 0. The molecule has 1 heterocycles. The fourth-order valence-electron chi connectivity index (χ4n) is 3.93. The van der Waals surface area contributed by atoms with Crippen molar-refractivity contribution in [1.29, 1.82) is 0 Å². The molecule has 0 atom stereocenters. The molecule has 5 heteroatoms. The summed E-state index contributed by atoms with van der Waals surface area (Å²) in [6.45, 7) is 4.64. The Kier molecular flexibility index (Phi) is 5.91. The van der Waals surface area contributed by atoms with Crippen molar-refractivity contribution in [3.63, 3.8) is 0 Å². The highest BCUT2D eigenvalue weighted by atomic mass is 19.1. The van der Waals surface area contributed by atoms with E-state index in [0.717, 1.165) is 11.1 Å². The van der Waals surface area contributed by atoms with Gasteiger partial charge in [-0.1, -0.05) is 68.4 Å². The molecule has 0 aromatic heterocycles. The molecule has 3 aromatic carbocycles. The molecule has 2 amide bonds. The molecule has 0 radical (unpaired) electrons. The second-order valence-electron chi connectivity index (χ2n) is 8.26. The van der Waals surface area contributed by atoms with Gasteiger partial charge in [0.2, 0.25) is 0 Å². The Bertz CT molecular complexity index is 1170. The van der Waals surface area contributed by atoms with Gasteiger partial charge in [0, 0.05) is 13.6 Å². The van der Waals surface area contributed by atoms with Gasteiger partial charge in [-0.15, -0.1) is 0 Å². The van der Waals surface area contributed by atoms with E-state index in [-0.39, 0.29) is 11.5 Å². The molecule has 4 nitrogen and oxygen atoms in total. The number of anilines is 1. The first-order chi connectivity index (χ1) is 15.4. The van der Waals surface area contributed by atoms with E-state index in [1.165, 1.54) is 29.2 Å². The Morgan fingerprint density at radius 3 is 2.06 bits per heavy atom. The van der Waals surface area contributed by atoms with E-state index in [1.807, 2.05) is 42.5 Å². The molecule has 0 unspecified atom stereocenters. The lowest BCUT2D eigenvalue weighted by Gasteiger charge is -2.22. The summed E-state index contributed by atoms with van der Waals surface area (Å²) in [4.78, 5) is 30.1.